The maximum absolute atomic E-state index is 5.50. The van der Waals surface area contributed by atoms with E-state index in [0.717, 1.165) is 94.8 Å². The summed E-state index contributed by atoms with van der Waals surface area (Å²) in [6, 6.07) is 79.5. The van der Waals surface area contributed by atoms with Crippen molar-refractivity contribution in [2.45, 2.75) is 27.7 Å². The molecule has 0 amide bonds. The Hall–Kier alpha value is -9.06. The summed E-state index contributed by atoms with van der Waals surface area (Å²) >= 11 is 0. The van der Waals surface area contributed by atoms with Gasteiger partial charge in [-0.05, 0) is 104 Å². The van der Waals surface area contributed by atoms with E-state index in [-0.39, 0.29) is 0 Å². The molecule has 0 aliphatic heterocycles. The first-order valence-electron chi connectivity index (χ1n) is 24.2. The zero-order valence-corrected chi connectivity index (χ0v) is 40.1. The second-order valence-electron chi connectivity index (χ2n) is 18.6. The van der Waals surface area contributed by atoms with Gasteiger partial charge in [-0.3, -0.25) is 0 Å². The van der Waals surface area contributed by atoms with E-state index in [1.54, 1.807) is 0 Å². The third-order valence-corrected chi connectivity index (χ3v) is 13.6. The minimum atomic E-state index is 0.593. The molecule has 3 aromatic heterocycles. The third-order valence-electron chi connectivity index (χ3n) is 13.6. The van der Waals surface area contributed by atoms with E-state index in [0.29, 0.717) is 11.6 Å². The lowest BCUT2D eigenvalue weighted by Gasteiger charge is -2.17. The summed E-state index contributed by atoms with van der Waals surface area (Å²) in [4.78, 5) is 21.6. The van der Waals surface area contributed by atoms with Crippen molar-refractivity contribution in [1.29, 1.82) is 0 Å². The number of benzene rings is 9. The van der Waals surface area contributed by atoms with Gasteiger partial charge < -0.3 is 4.57 Å². The largest absolute Gasteiger partial charge is 0.308 e. The molecule has 0 fully saturated rings. The summed E-state index contributed by atoms with van der Waals surface area (Å²) in [5.41, 5.74) is 21.9. The van der Waals surface area contributed by atoms with Crippen molar-refractivity contribution in [3.63, 3.8) is 0 Å². The minimum Gasteiger partial charge on any atom is -0.308 e. The predicted octanol–water partition coefficient (Wildman–Crippen LogP) is 16.9. The Morgan fingerprint density at radius 1 is 0.282 bits per heavy atom. The van der Waals surface area contributed by atoms with Crippen LogP contribution in [-0.2, 0) is 0 Å². The SMILES string of the molecule is Cc1ccc(-c2ccc3c4ccc(-c5ccc(C)cc5C)cc4n(-c4ccc(-c5nc(-c6ccccc6)cc(-c6ccccc6)n5)cc4-c4nc(-c5ccccc5)cc(-c5ccccc5)n4)c3c2)c(C)c1. The fourth-order valence-electron chi connectivity index (χ4n) is 10.1. The van der Waals surface area contributed by atoms with Gasteiger partial charge in [0.1, 0.15) is 0 Å². The highest BCUT2D eigenvalue weighted by Crippen LogP contribution is 2.42. The third kappa shape index (κ3) is 8.28. The molecule has 0 radical (unpaired) electrons. The second kappa shape index (κ2) is 18.1. The van der Waals surface area contributed by atoms with E-state index < -0.39 is 0 Å². The van der Waals surface area contributed by atoms with E-state index in [4.69, 9.17) is 19.9 Å². The molecule has 0 N–H and O–H groups in total. The molecule has 0 unspecified atom stereocenters. The van der Waals surface area contributed by atoms with E-state index in [2.05, 4.69) is 232 Å². The van der Waals surface area contributed by atoms with Gasteiger partial charge in [0, 0.05) is 44.2 Å². The predicted molar refractivity (Wildman–Crippen MR) is 294 cm³/mol. The summed E-state index contributed by atoms with van der Waals surface area (Å²) in [6.45, 7) is 8.71. The van der Waals surface area contributed by atoms with Crippen LogP contribution in [0.4, 0.5) is 0 Å². The fourth-order valence-corrected chi connectivity index (χ4v) is 10.1. The molecule has 9 aromatic carbocycles. The van der Waals surface area contributed by atoms with Gasteiger partial charge in [-0.1, -0.05) is 193 Å². The highest BCUT2D eigenvalue weighted by molar-refractivity contribution is 6.12. The van der Waals surface area contributed by atoms with E-state index in [9.17, 15) is 0 Å². The van der Waals surface area contributed by atoms with Crippen LogP contribution in [0, 0.1) is 27.7 Å². The van der Waals surface area contributed by atoms with Crippen molar-refractivity contribution in [2.24, 2.45) is 0 Å². The van der Waals surface area contributed by atoms with Gasteiger partial charge in [0.05, 0.1) is 39.5 Å². The van der Waals surface area contributed by atoms with Crippen molar-refractivity contribution >= 4 is 21.8 Å². The van der Waals surface area contributed by atoms with Crippen molar-refractivity contribution in [3.8, 4) is 95.7 Å². The van der Waals surface area contributed by atoms with Gasteiger partial charge in [0.25, 0.3) is 0 Å². The molecule has 0 aliphatic rings. The molecular formula is C66H49N5. The molecular weight excluding hydrogens is 863 g/mol. The standard InChI is InChI=1S/C66H49N5/c1-42-25-30-53(44(3)35-42)50-27-32-55-56-33-28-51(54-31-26-43(2)36-45(54)4)39-64(56)71(63(55)38-50)62-34-29-52(65-67-58(46-17-9-5-10-18-46)40-59(68-65)47-19-11-6-12-20-47)37-57(62)66-69-60(48-21-13-7-14-22-48)41-61(70-66)49-23-15-8-16-24-49/h5-41H,1-4H3. The van der Waals surface area contributed by atoms with Crippen molar-refractivity contribution in [1.82, 2.24) is 24.5 Å². The number of nitrogens with zero attached hydrogens (tertiary/aromatic N) is 5. The molecule has 0 saturated heterocycles. The first-order chi connectivity index (χ1) is 34.8. The lowest BCUT2D eigenvalue weighted by molar-refractivity contribution is 1.13. The summed E-state index contributed by atoms with van der Waals surface area (Å²) in [5.74, 6) is 1.20. The second-order valence-corrected chi connectivity index (χ2v) is 18.6. The van der Waals surface area contributed by atoms with Crippen LogP contribution in [0.2, 0.25) is 0 Å². The maximum atomic E-state index is 5.50. The molecule has 12 rings (SSSR count). The number of hydrogen-bond donors (Lipinski definition) is 0. The average molecular weight is 912 g/mol. The number of aromatic nitrogens is 5. The first kappa shape index (κ1) is 43.2. The Kier molecular flexibility index (Phi) is 11.0. The van der Waals surface area contributed by atoms with E-state index >= 15 is 0 Å². The molecule has 71 heavy (non-hydrogen) atoms. The molecule has 0 atom stereocenters. The minimum absolute atomic E-state index is 0.593. The number of rotatable bonds is 9. The lowest BCUT2D eigenvalue weighted by Crippen LogP contribution is -2.03. The van der Waals surface area contributed by atoms with Crippen molar-refractivity contribution < 1.29 is 0 Å². The summed E-state index contributed by atoms with van der Waals surface area (Å²) in [7, 11) is 0. The van der Waals surface area contributed by atoms with Crippen LogP contribution in [0.5, 0.6) is 0 Å². The smallest absolute Gasteiger partial charge is 0.162 e. The van der Waals surface area contributed by atoms with E-state index in [1.807, 2.05) is 24.3 Å². The maximum Gasteiger partial charge on any atom is 0.162 e. The van der Waals surface area contributed by atoms with Crippen LogP contribution in [0.15, 0.2) is 224 Å². The summed E-state index contributed by atoms with van der Waals surface area (Å²) in [5, 5.41) is 2.32. The average Bonchev–Trinajstić information content (AvgIpc) is 3.74. The number of aryl methyl sites for hydroxylation is 4. The van der Waals surface area contributed by atoms with Crippen molar-refractivity contribution in [3.05, 3.63) is 247 Å². The van der Waals surface area contributed by atoms with Gasteiger partial charge >= 0.3 is 0 Å². The Labute approximate surface area is 414 Å². The zero-order chi connectivity index (χ0) is 48.0. The summed E-state index contributed by atoms with van der Waals surface area (Å²) < 4.78 is 2.43. The van der Waals surface area contributed by atoms with Crippen LogP contribution in [0.1, 0.15) is 22.3 Å². The van der Waals surface area contributed by atoms with Crippen LogP contribution in [-0.4, -0.2) is 24.5 Å². The highest BCUT2D eigenvalue weighted by atomic mass is 15.0. The van der Waals surface area contributed by atoms with Gasteiger partial charge in [0.2, 0.25) is 0 Å². The molecule has 3 heterocycles. The quantitative estimate of drug-likeness (QED) is 0.145. The molecule has 0 aliphatic carbocycles. The van der Waals surface area contributed by atoms with Gasteiger partial charge in [-0.25, -0.2) is 19.9 Å². The molecule has 0 bridgehead atoms. The molecule has 5 heteroatoms. The van der Waals surface area contributed by atoms with Gasteiger partial charge in [-0.2, -0.15) is 0 Å². The monoisotopic (exact) mass is 911 g/mol. The molecule has 0 spiro atoms. The molecule has 12 aromatic rings. The zero-order valence-electron chi connectivity index (χ0n) is 40.1. The highest BCUT2D eigenvalue weighted by Gasteiger charge is 2.23. The number of hydrogen-bond acceptors (Lipinski definition) is 4. The normalized spacial score (nSPS) is 11.4. The summed E-state index contributed by atoms with van der Waals surface area (Å²) in [6.07, 6.45) is 0. The lowest BCUT2D eigenvalue weighted by atomic mass is 9.96. The van der Waals surface area contributed by atoms with Crippen LogP contribution >= 0.6 is 0 Å². The first-order valence-corrected chi connectivity index (χ1v) is 24.2. The Balaban J connectivity index is 1.18. The van der Waals surface area contributed by atoms with E-state index in [1.165, 1.54) is 33.4 Å². The van der Waals surface area contributed by atoms with Crippen LogP contribution in [0.3, 0.4) is 0 Å². The Morgan fingerprint density at radius 2 is 0.662 bits per heavy atom. The fraction of sp³-hybridized carbons (Fsp3) is 0.0606. The molecule has 0 saturated carbocycles. The molecule has 338 valence electrons. The Morgan fingerprint density at radius 3 is 1.06 bits per heavy atom. The topological polar surface area (TPSA) is 56.5 Å². The van der Waals surface area contributed by atoms with Crippen LogP contribution < -0.4 is 0 Å². The Bertz CT molecular complexity index is 3730. The molecule has 5 nitrogen and oxygen atoms in total. The van der Waals surface area contributed by atoms with Gasteiger partial charge in [-0.15, -0.1) is 0 Å². The van der Waals surface area contributed by atoms with Gasteiger partial charge in [0.15, 0.2) is 11.6 Å². The van der Waals surface area contributed by atoms with Crippen LogP contribution in [0.25, 0.3) is 118 Å². The van der Waals surface area contributed by atoms with Crippen molar-refractivity contribution in [2.75, 3.05) is 0 Å². The number of fused-ring (bicyclic) bond motifs is 3.